The number of nitrogens with zero attached hydrogens (tertiary/aromatic N) is 1. The molecule has 1 fully saturated rings. The first-order valence-corrected chi connectivity index (χ1v) is 9.99. The van der Waals surface area contributed by atoms with Crippen LogP contribution in [0.4, 0.5) is 5.69 Å². The summed E-state index contributed by atoms with van der Waals surface area (Å²) >= 11 is 6.10. The zero-order valence-corrected chi connectivity index (χ0v) is 16.7. The molecule has 2 heterocycles. The summed E-state index contributed by atoms with van der Waals surface area (Å²) in [5.41, 5.74) is 2.15. The highest BCUT2D eigenvalue weighted by atomic mass is 35.5. The molecule has 0 unspecified atom stereocenters. The molecule has 2 N–H and O–H groups in total. The Morgan fingerprint density at radius 1 is 1.18 bits per heavy atom. The number of hydrogen-bond acceptors (Lipinski definition) is 4. The van der Waals surface area contributed by atoms with Crippen LogP contribution in [0.25, 0.3) is 0 Å². The van der Waals surface area contributed by atoms with Crippen molar-refractivity contribution >= 4 is 23.2 Å². The number of carbonyl (C=O) groups excluding carboxylic acids is 1. The summed E-state index contributed by atoms with van der Waals surface area (Å²) in [6.45, 7) is 6.41. The summed E-state index contributed by atoms with van der Waals surface area (Å²) in [5, 5.41) is 3.80. The third-order valence-corrected chi connectivity index (χ3v) is 5.72. The van der Waals surface area contributed by atoms with Crippen molar-refractivity contribution < 1.29 is 19.2 Å². The van der Waals surface area contributed by atoms with Crippen LogP contribution in [-0.4, -0.2) is 44.9 Å². The Hall–Kier alpha value is -2.44. The Morgan fingerprint density at radius 2 is 1.96 bits per heavy atom. The number of fused-ring (bicyclic) bond motifs is 1. The van der Waals surface area contributed by atoms with Crippen LogP contribution in [-0.2, 0) is 11.3 Å². The number of nitrogens with one attached hydrogen (secondary N) is 2. The zero-order chi connectivity index (χ0) is 19.5. The Bertz CT molecular complexity index is 853. The van der Waals surface area contributed by atoms with Crippen molar-refractivity contribution in [1.29, 1.82) is 0 Å². The van der Waals surface area contributed by atoms with E-state index in [1.165, 1.54) is 4.90 Å². The number of rotatable bonds is 5. The average Bonchev–Trinajstić information content (AvgIpc) is 3.19. The SMILES string of the molecule is C[C@@H](C(=O)NCc1ccc2c(c1)OCO2)[NH+]1CCN(c2cccc(Cl)c2)CC1. The van der Waals surface area contributed by atoms with Gasteiger partial charge in [-0.1, -0.05) is 23.7 Å². The summed E-state index contributed by atoms with van der Waals surface area (Å²) < 4.78 is 10.7. The molecule has 0 bridgehead atoms. The van der Waals surface area contributed by atoms with Crippen molar-refractivity contribution in [1.82, 2.24) is 5.32 Å². The van der Waals surface area contributed by atoms with E-state index in [0.717, 1.165) is 54.0 Å². The predicted molar refractivity (Wildman–Crippen MR) is 108 cm³/mol. The average molecular weight is 403 g/mol. The third-order valence-electron chi connectivity index (χ3n) is 5.49. The van der Waals surface area contributed by atoms with Crippen LogP contribution in [0.15, 0.2) is 42.5 Å². The Balaban J connectivity index is 1.27. The molecule has 28 heavy (non-hydrogen) atoms. The van der Waals surface area contributed by atoms with E-state index in [4.69, 9.17) is 21.1 Å². The van der Waals surface area contributed by atoms with Crippen LogP contribution >= 0.6 is 11.6 Å². The van der Waals surface area contributed by atoms with E-state index < -0.39 is 0 Å². The molecule has 0 spiro atoms. The van der Waals surface area contributed by atoms with Crippen molar-refractivity contribution in [2.45, 2.75) is 19.5 Å². The molecule has 148 valence electrons. The fourth-order valence-corrected chi connectivity index (χ4v) is 3.92. The number of carbonyl (C=O) groups is 1. The molecule has 0 aliphatic carbocycles. The van der Waals surface area contributed by atoms with E-state index >= 15 is 0 Å². The van der Waals surface area contributed by atoms with Gasteiger partial charge < -0.3 is 24.6 Å². The molecule has 1 amide bonds. The number of piperazine rings is 1. The second-order valence-electron chi connectivity index (χ2n) is 7.25. The molecule has 1 atom stereocenters. The number of hydrogen-bond donors (Lipinski definition) is 2. The first-order valence-electron chi connectivity index (χ1n) is 9.61. The van der Waals surface area contributed by atoms with E-state index in [2.05, 4.69) is 16.3 Å². The maximum atomic E-state index is 12.6. The van der Waals surface area contributed by atoms with Gasteiger partial charge in [0.15, 0.2) is 17.5 Å². The van der Waals surface area contributed by atoms with E-state index in [1.807, 2.05) is 43.3 Å². The molecule has 2 aliphatic heterocycles. The number of benzene rings is 2. The van der Waals surface area contributed by atoms with Gasteiger partial charge in [0.25, 0.3) is 5.91 Å². The van der Waals surface area contributed by atoms with E-state index in [-0.39, 0.29) is 18.7 Å². The Labute approximate surface area is 170 Å². The molecular weight excluding hydrogens is 378 g/mol. The number of amides is 1. The normalized spacial score (nSPS) is 17.4. The smallest absolute Gasteiger partial charge is 0.278 e. The summed E-state index contributed by atoms with van der Waals surface area (Å²) in [7, 11) is 0. The number of ether oxygens (including phenoxy) is 2. The first kappa shape index (κ1) is 18.9. The lowest BCUT2D eigenvalue weighted by molar-refractivity contribution is -0.914. The lowest BCUT2D eigenvalue weighted by Gasteiger charge is -2.36. The lowest BCUT2D eigenvalue weighted by atomic mass is 10.1. The van der Waals surface area contributed by atoms with Gasteiger partial charge in [-0.2, -0.15) is 0 Å². The summed E-state index contributed by atoms with van der Waals surface area (Å²) in [5.74, 6) is 1.57. The van der Waals surface area contributed by atoms with Crippen molar-refractivity contribution in [3.63, 3.8) is 0 Å². The van der Waals surface area contributed by atoms with Gasteiger partial charge in [-0.15, -0.1) is 0 Å². The van der Waals surface area contributed by atoms with Gasteiger partial charge in [-0.05, 0) is 42.8 Å². The number of anilines is 1. The molecular formula is C21H25ClN3O3+. The molecule has 2 aromatic carbocycles. The largest absolute Gasteiger partial charge is 0.454 e. The van der Waals surface area contributed by atoms with Crippen molar-refractivity contribution in [2.24, 2.45) is 0 Å². The second-order valence-corrected chi connectivity index (χ2v) is 7.69. The lowest BCUT2D eigenvalue weighted by Crippen LogP contribution is -3.19. The van der Waals surface area contributed by atoms with Gasteiger partial charge in [-0.25, -0.2) is 0 Å². The van der Waals surface area contributed by atoms with Crippen LogP contribution < -0.4 is 24.6 Å². The van der Waals surface area contributed by atoms with E-state index in [9.17, 15) is 4.79 Å². The van der Waals surface area contributed by atoms with Crippen LogP contribution in [0.2, 0.25) is 5.02 Å². The minimum Gasteiger partial charge on any atom is -0.454 e. The zero-order valence-electron chi connectivity index (χ0n) is 15.9. The molecule has 6 nitrogen and oxygen atoms in total. The van der Waals surface area contributed by atoms with Gasteiger partial charge in [-0.3, -0.25) is 4.79 Å². The van der Waals surface area contributed by atoms with E-state index in [0.29, 0.717) is 6.54 Å². The van der Waals surface area contributed by atoms with Gasteiger partial charge in [0.1, 0.15) is 0 Å². The summed E-state index contributed by atoms with van der Waals surface area (Å²) in [4.78, 5) is 16.3. The minimum absolute atomic E-state index is 0.0730. The topological polar surface area (TPSA) is 55.2 Å². The molecule has 7 heteroatoms. The Morgan fingerprint density at radius 3 is 2.75 bits per heavy atom. The molecule has 0 aromatic heterocycles. The molecule has 4 rings (SSSR count). The Kier molecular flexibility index (Phi) is 5.59. The molecule has 2 aromatic rings. The van der Waals surface area contributed by atoms with Crippen LogP contribution in [0.3, 0.4) is 0 Å². The van der Waals surface area contributed by atoms with E-state index in [1.54, 1.807) is 0 Å². The standard InChI is InChI=1S/C21H24ClN3O3/c1-15(21(26)23-13-16-5-6-19-20(11-16)28-14-27-19)24-7-9-25(10-8-24)18-4-2-3-17(22)12-18/h2-6,11-12,15H,7-10,13-14H2,1H3,(H,23,26)/p+1/t15-/m0/s1. The highest BCUT2D eigenvalue weighted by Crippen LogP contribution is 2.32. The summed E-state index contributed by atoms with van der Waals surface area (Å²) in [6, 6.07) is 13.6. The number of halogens is 1. The molecule has 1 saturated heterocycles. The van der Waals surface area contributed by atoms with Crippen molar-refractivity contribution in [3.05, 3.63) is 53.1 Å². The van der Waals surface area contributed by atoms with Crippen LogP contribution in [0.5, 0.6) is 11.5 Å². The quantitative estimate of drug-likeness (QED) is 0.795. The highest BCUT2D eigenvalue weighted by Gasteiger charge is 2.29. The second kappa shape index (κ2) is 8.29. The highest BCUT2D eigenvalue weighted by molar-refractivity contribution is 6.30. The fraction of sp³-hybridized carbons (Fsp3) is 0.381. The van der Waals surface area contributed by atoms with Crippen molar-refractivity contribution in [3.8, 4) is 11.5 Å². The molecule has 0 saturated carbocycles. The third kappa shape index (κ3) is 4.18. The van der Waals surface area contributed by atoms with Crippen molar-refractivity contribution in [2.75, 3.05) is 37.9 Å². The van der Waals surface area contributed by atoms with Gasteiger partial charge in [0, 0.05) is 17.3 Å². The fourth-order valence-electron chi connectivity index (χ4n) is 3.74. The molecule has 2 aliphatic rings. The maximum absolute atomic E-state index is 12.6. The van der Waals surface area contributed by atoms with Crippen LogP contribution in [0, 0.1) is 0 Å². The predicted octanol–water partition coefficient (Wildman–Crippen LogP) is 1.48. The first-order chi connectivity index (χ1) is 13.6. The van der Waals surface area contributed by atoms with Gasteiger partial charge in [0.05, 0.1) is 26.2 Å². The summed E-state index contributed by atoms with van der Waals surface area (Å²) in [6.07, 6.45) is 0. The monoisotopic (exact) mass is 402 g/mol. The van der Waals surface area contributed by atoms with Crippen LogP contribution in [0.1, 0.15) is 12.5 Å². The van der Waals surface area contributed by atoms with Gasteiger partial charge >= 0.3 is 0 Å². The maximum Gasteiger partial charge on any atom is 0.278 e. The molecule has 0 radical (unpaired) electrons. The minimum atomic E-state index is -0.0875. The van der Waals surface area contributed by atoms with Gasteiger partial charge in [0.2, 0.25) is 6.79 Å². The number of quaternary nitrogens is 1.